The van der Waals surface area contributed by atoms with Gasteiger partial charge in [-0.25, -0.2) is 9.37 Å². The zero-order chi connectivity index (χ0) is 20.4. The number of aromatic nitrogens is 1. The molecule has 0 saturated carbocycles. The third kappa shape index (κ3) is 4.22. The van der Waals surface area contributed by atoms with Crippen LogP contribution in [-0.2, 0) is 17.8 Å². The van der Waals surface area contributed by atoms with Crippen LogP contribution in [0, 0.1) is 5.82 Å². The third-order valence-electron chi connectivity index (χ3n) is 4.76. The van der Waals surface area contributed by atoms with Crippen molar-refractivity contribution in [2.45, 2.75) is 32.7 Å². The molecule has 2 aromatic heterocycles. The van der Waals surface area contributed by atoms with E-state index in [0.717, 1.165) is 21.3 Å². The first-order chi connectivity index (χ1) is 14.0. The van der Waals surface area contributed by atoms with Crippen LogP contribution in [0.15, 0.2) is 65.3 Å². The molecule has 0 fully saturated rings. The summed E-state index contributed by atoms with van der Waals surface area (Å²) >= 11 is 1.49. The third-order valence-corrected chi connectivity index (χ3v) is 5.80. The number of para-hydroxylation sites is 1. The highest BCUT2D eigenvalue weighted by molar-refractivity contribution is 7.22. The Kier molecular flexibility index (Phi) is 5.45. The largest absolute Gasteiger partial charge is 0.467 e. The normalized spacial score (nSPS) is 11.3. The average molecular weight is 408 g/mol. The van der Waals surface area contributed by atoms with Crippen LogP contribution >= 0.6 is 11.3 Å². The molecule has 0 bridgehead atoms. The number of fused-ring (bicyclic) bond motifs is 1. The SMILES string of the molecule is CC(C)c1cccc2sc(N(Cc3ccco3)C(=O)Cc3ccc(F)cc3)nc12. The van der Waals surface area contributed by atoms with Gasteiger partial charge in [0.05, 0.1) is 29.4 Å². The van der Waals surface area contributed by atoms with Crippen LogP contribution in [0.1, 0.15) is 36.7 Å². The molecule has 0 radical (unpaired) electrons. The highest BCUT2D eigenvalue weighted by Crippen LogP contribution is 2.34. The lowest BCUT2D eigenvalue weighted by Gasteiger charge is -2.19. The van der Waals surface area contributed by atoms with Gasteiger partial charge in [0.25, 0.3) is 0 Å². The van der Waals surface area contributed by atoms with Crippen LogP contribution in [-0.4, -0.2) is 10.9 Å². The molecule has 4 aromatic rings. The zero-order valence-corrected chi connectivity index (χ0v) is 17.1. The van der Waals surface area contributed by atoms with E-state index < -0.39 is 0 Å². The average Bonchev–Trinajstić information content (AvgIpc) is 3.36. The van der Waals surface area contributed by atoms with Crippen molar-refractivity contribution in [3.05, 3.63) is 83.6 Å². The Morgan fingerprint density at radius 1 is 1.14 bits per heavy atom. The molecule has 148 valence electrons. The first kappa shape index (κ1) is 19.3. The van der Waals surface area contributed by atoms with Gasteiger partial charge in [0, 0.05) is 0 Å². The lowest BCUT2D eigenvalue weighted by molar-refractivity contribution is -0.118. The summed E-state index contributed by atoms with van der Waals surface area (Å²) < 4.78 is 19.7. The van der Waals surface area contributed by atoms with Crippen molar-refractivity contribution in [2.24, 2.45) is 0 Å². The standard InChI is InChI=1S/C23H21FN2O2S/c1-15(2)19-6-3-7-20-22(19)25-23(29-20)26(14-18-5-4-12-28-18)21(27)13-16-8-10-17(24)11-9-16/h3-12,15H,13-14H2,1-2H3. The van der Waals surface area contributed by atoms with Crippen LogP contribution in [0.2, 0.25) is 0 Å². The molecule has 0 aliphatic rings. The molecule has 4 nitrogen and oxygen atoms in total. The Bertz CT molecular complexity index is 1120. The fourth-order valence-corrected chi connectivity index (χ4v) is 4.25. The predicted octanol–water partition coefficient (Wildman–Crippen LogP) is 5.93. The second-order valence-electron chi connectivity index (χ2n) is 7.21. The van der Waals surface area contributed by atoms with Crippen molar-refractivity contribution in [1.82, 2.24) is 4.98 Å². The molecule has 1 amide bonds. The molecular formula is C23H21FN2O2S. The van der Waals surface area contributed by atoms with Gasteiger partial charge in [0.2, 0.25) is 5.91 Å². The van der Waals surface area contributed by atoms with Crippen molar-refractivity contribution in [3.8, 4) is 0 Å². The van der Waals surface area contributed by atoms with E-state index in [0.29, 0.717) is 23.4 Å². The maximum atomic E-state index is 13.2. The molecule has 6 heteroatoms. The Balaban J connectivity index is 1.70. The van der Waals surface area contributed by atoms with Gasteiger partial charge in [-0.3, -0.25) is 9.69 Å². The number of thiazole rings is 1. The molecular weight excluding hydrogens is 387 g/mol. The first-order valence-electron chi connectivity index (χ1n) is 9.48. The maximum absolute atomic E-state index is 13.2. The molecule has 2 aromatic carbocycles. The number of carbonyl (C=O) groups is 1. The number of furan rings is 1. The second kappa shape index (κ2) is 8.17. The van der Waals surface area contributed by atoms with Gasteiger partial charge in [-0.1, -0.05) is 49.4 Å². The van der Waals surface area contributed by atoms with E-state index in [2.05, 4.69) is 19.9 Å². The van der Waals surface area contributed by atoms with E-state index in [1.54, 1.807) is 29.4 Å². The van der Waals surface area contributed by atoms with E-state index in [-0.39, 0.29) is 18.1 Å². The number of hydrogen-bond acceptors (Lipinski definition) is 4. The van der Waals surface area contributed by atoms with Gasteiger partial charge >= 0.3 is 0 Å². The molecule has 0 unspecified atom stereocenters. The molecule has 29 heavy (non-hydrogen) atoms. The minimum atomic E-state index is -0.318. The van der Waals surface area contributed by atoms with Crippen molar-refractivity contribution in [3.63, 3.8) is 0 Å². The number of hydrogen-bond donors (Lipinski definition) is 0. The lowest BCUT2D eigenvalue weighted by Crippen LogP contribution is -2.31. The quantitative estimate of drug-likeness (QED) is 0.397. The minimum absolute atomic E-state index is 0.113. The minimum Gasteiger partial charge on any atom is -0.467 e. The van der Waals surface area contributed by atoms with Crippen LogP contribution in [0.25, 0.3) is 10.2 Å². The maximum Gasteiger partial charge on any atom is 0.233 e. The van der Waals surface area contributed by atoms with E-state index in [1.807, 2.05) is 18.2 Å². The number of anilines is 1. The summed E-state index contributed by atoms with van der Waals surface area (Å²) in [6, 6.07) is 15.8. The number of benzene rings is 2. The van der Waals surface area contributed by atoms with Crippen molar-refractivity contribution >= 4 is 32.6 Å². The van der Waals surface area contributed by atoms with E-state index in [9.17, 15) is 9.18 Å². The summed E-state index contributed by atoms with van der Waals surface area (Å²) in [5.41, 5.74) is 2.85. The fourth-order valence-electron chi connectivity index (χ4n) is 3.23. The number of halogens is 1. The molecule has 0 spiro atoms. The molecule has 4 rings (SSSR count). The van der Waals surface area contributed by atoms with Gasteiger partial charge < -0.3 is 4.42 Å². The highest BCUT2D eigenvalue weighted by atomic mass is 32.1. The van der Waals surface area contributed by atoms with E-state index >= 15 is 0 Å². The smallest absolute Gasteiger partial charge is 0.233 e. The Hall–Kier alpha value is -2.99. The topological polar surface area (TPSA) is 46.3 Å². The summed E-state index contributed by atoms with van der Waals surface area (Å²) in [4.78, 5) is 19.6. The number of carbonyl (C=O) groups excluding carboxylic acids is 1. The summed E-state index contributed by atoms with van der Waals surface area (Å²) in [6.45, 7) is 4.56. The summed E-state index contributed by atoms with van der Waals surface area (Å²) in [6.07, 6.45) is 1.75. The van der Waals surface area contributed by atoms with Gasteiger partial charge in [-0.15, -0.1) is 0 Å². The van der Waals surface area contributed by atoms with Crippen molar-refractivity contribution in [1.29, 1.82) is 0 Å². The van der Waals surface area contributed by atoms with E-state index in [1.165, 1.54) is 23.5 Å². The highest BCUT2D eigenvalue weighted by Gasteiger charge is 2.22. The van der Waals surface area contributed by atoms with Crippen LogP contribution in [0.4, 0.5) is 9.52 Å². The molecule has 0 aliphatic heterocycles. The van der Waals surface area contributed by atoms with Crippen molar-refractivity contribution in [2.75, 3.05) is 4.90 Å². The molecule has 2 heterocycles. The molecule has 0 saturated heterocycles. The van der Waals surface area contributed by atoms with E-state index in [4.69, 9.17) is 9.40 Å². The zero-order valence-electron chi connectivity index (χ0n) is 16.3. The van der Waals surface area contributed by atoms with Gasteiger partial charge in [0.15, 0.2) is 5.13 Å². The predicted molar refractivity (Wildman–Crippen MR) is 114 cm³/mol. The van der Waals surface area contributed by atoms with Gasteiger partial charge in [-0.2, -0.15) is 0 Å². The molecule has 0 atom stereocenters. The van der Waals surface area contributed by atoms with Crippen LogP contribution in [0.3, 0.4) is 0 Å². The van der Waals surface area contributed by atoms with Gasteiger partial charge in [-0.05, 0) is 47.4 Å². The number of nitrogens with zero attached hydrogens (tertiary/aromatic N) is 2. The second-order valence-corrected chi connectivity index (χ2v) is 8.22. The first-order valence-corrected chi connectivity index (χ1v) is 10.3. The Morgan fingerprint density at radius 3 is 2.62 bits per heavy atom. The Labute approximate surface area is 172 Å². The monoisotopic (exact) mass is 408 g/mol. The number of amides is 1. The summed E-state index contributed by atoms with van der Waals surface area (Å²) in [5.74, 6) is 0.585. The molecule has 0 N–H and O–H groups in total. The van der Waals surface area contributed by atoms with Gasteiger partial charge in [0.1, 0.15) is 11.6 Å². The fraction of sp³-hybridized carbons (Fsp3) is 0.217. The lowest BCUT2D eigenvalue weighted by atomic mass is 10.0. The Morgan fingerprint density at radius 2 is 1.93 bits per heavy atom. The molecule has 0 aliphatic carbocycles. The number of rotatable bonds is 6. The van der Waals surface area contributed by atoms with Crippen LogP contribution < -0.4 is 4.90 Å². The summed E-state index contributed by atoms with van der Waals surface area (Å²) in [7, 11) is 0. The van der Waals surface area contributed by atoms with Crippen LogP contribution in [0.5, 0.6) is 0 Å². The van der Waals surface area contributed by atoms with Crippen molar-refractivity contribution < 1.29 is 13.6 Å². The summed E-state index contributed by atoms with van der Waals surface area (Å²) in [5, 5.41) is 0.636.